The van der Waals surface area contributed by atoms with Crippen LogP contribution < -0.4 is 0 Å². The molecule has 0 aliphatic carbocycles. The molecule has 0 aromatic carbocycles. The predicted molar refractivity (Wildman–Crippen MR) is 53.5 cm³/mol. The molecule has 68 valence electrons. The average Bonchev–Trinajstić information content (AvgIpc) is 2.02. The molecule has 0 unspecified atom stereocenters. The number of alkyl halides is 1. The summed E-state index contributed by atoms with van der Waals surface area (Å²) in [6.07, 6.45) is 6.33. The monoisotopic (exact) mass is 186 g/mol. The number of halogens is 1. The van der Waals surface area contributed by atoms with E-state index in [9.17, 15) is 4.79 Å². The Hall–Kier alpha value is -0.560. The van der Waals surface area contributed by atoms with Gasteiger partial charge in [-0.05, 0) is 32.8 Å². The Morgan fingerprint density at radius 2 is 2.08 bits per heavy atom. The zero-order valence-electron chi connectivity index (χ0n) is 7.64. The highest BCUT2D eigenvalue weighted by Crippen LogP contribution is 2.08. The summed E-state index contributed by atoms with van der Waals surface area (Å²) < 4.78 is 0. The molecular formula is C10H15ClO. The molecule has 0 aliphatic rings. The lowest BCUT2D eigenvalue weighted by Gasteiger charge is -1.98. The lowest BCUT2D eigenvalue weighted by molar-refractivity contribution is -0.104. The number of hydrogen-bond acceptors (Lipinski definition) is 1. The number of rotatable bonds is 5. The van der Waals surface area contributed by atoms with Crippen LogP contribution in [0.15, 0.2) is 23.3 Å². The van der Waals surface area contributed by atoms with E-state index < -0.39 is 0 Å². The average molecular weight is 187 g/mol. The van der Waals surface area contributed by atoms with Gasteiger partial charge in [0.05, 0.1) is 0 Å². The number of carbonyl (C=O) groups excluding carboxylic acids is 1. The molecule has 0 fully saturated rings. The van der Waals surface area contributed by atoms with Crippen LogP contribution in [0.4, 0.5) is 0 Å². The van der Waals surface area contributed by atoms with E-state index in [0.29, 0.717) is 5.88 Å². The van der Waals surface area contributed by atoms with Gasteiger partial charge in [-0.15, -0.1) is 11.6 Å². The van der Waals surface area contributed by atoms with E-state index in [2.05, 4.69) is 19.9 Å². The SMILES string of the molecule is CC(C)=CCC/C(=C\C=O)CCl. The molecule has 12 heavy (non-hydrogen) atoms. The molecule has 0 saturated heterocycles. The third kappa shape index (κ3) is 6.17. The number of hydrogen-bond donors (Lipinski definition) is 0. The molecule has 0 aromatic rings. The van der Waals surface area contributed by atoms with Crippen molar-refractivity contribution in [2.24, 2.45) is 0 Å². The molecule has 0 aromatic heterocycles. The van der Waals surface area contributed by atoms with E-state index in [1.807, 2.05) is 0 Å². The van der Waals surface area contributed by atoms with Crippen molar-refractivity contribution in [2.75, 3.05) is 5.88 Å². The zero-order valence-corrected chi connectivity index (χ0v) is 8.40. The van der Waals surface area contributed by atoms with Crippen molar-refractivity contribution in [3.63, 3.8) is 0 Å². The Bertz CT molecular complexity index is 188. The molecule has 0 radical (unpaired) electrons. The van der Waals surface area contributed by atoms with Crippen molar-refractivity contribution in [1.82, 2.24) is 0 Å². The Morgan fingerprint density at radius 3 is 2.50 bits per heavy atom. The molecule has 0 atom stereocenters. The lowest BCUT2D eigenvalue weighted by atomic mass is 10.1. The van der Waals surface area contributed by atoms with Gasteiger partial charge in [-0.1, -0.05) is 17.2 Å². The minimum Gasteiger partial charge on any atom is -0.299 e. The first kappa shape index (κ1) is 11.4. The van der Waals surface area contributed by atoms with E-state index >= 15 is 0 Å². The molecule has 0 heterocycles. The second kappa shape index (κ2) is 7.11. The van der Waals surface area contributed by atoms with Crippen molar-refractivity contribution in [3.8, 4) is 0 Å². The number of allylic oxidation sites excluding steroid dienone is 4. The Labute approximate surface area is 79.1 Å². The Kier molecular flexibility index (Phi) is 6.78. The summed E-state index contributed by atoms with van der Waals surface area (Å²) in [4.78, 5) is 10.1. The third-order valence-corrected chi connectivity index (χ3v) is 1.84. The Morgan fingerprint density at radius 1 is 1.42 bits per heavy atom. The first-order valence-electron chi connectivity index (χ1n) is 4.03. The Balaban J connectivity index is 3.81. The summed E-state index contributed by atoms with van der Waals surface area (Å²) in [7, 11) is 0. The van der Waals surface area contributed by atoms with Gasteiger partial charge >= 0.3 is 0 Å². The van der Waals surface area contributed by atoms with Gasteiger partial charge in [-0.3, -0.25) is 4.79 Å². The van der Waals surface area contributed by atoms with E-state index in [1.165, 1.54) is 5.57 Å². The molecule has 1 nitrogen and oxygen atoms in total. The predicted octanol–water partition coefficient (Wildman–Crippen LogP) is 3.10. The van der Waals surface area contributed by atoms with Crippen molar-refractivity contribution in [2.45, 2.75) is 26.7 Å². The summed E-state index contributed by atoms with van der Waals surface area (Å²) in [5, 5.41) is 0. The smallest absolute Gasteiger partial charge is 0.142 e. The van der Waals surface area contributed by atoms with Gasteiger partial charge in [0, 0.05) is 5.88 Å². The molecule has 0 spiro atoms. The van der Waals surface area contributed by atoms with Crippen LogP contribution in [0.3, 0.4) is 0 Å². The maximum atomic E-state index is 10.1. The first-order valence-corrected chi connectivity index (χ1v) is 4.56. The second-order valence-electron chi connectivity index (χ2n) is 2.91. The molecule has 0 bridgehead atoms. The van der Waals surface area contributed by atoms with E-state index in [-0.39, 0.29) is 0 Å². The minimum absolute atomic E-state index is 0.454. The molecule has 0 amide bonds. The maximum absolute atomic E-state index is 10.1. The summed E-state index contributed by atoms with van der Waals surface area (Å²) in [6.45, 7) is 4.12. The molecule has 0 rings (SSSR count). The van der Waals surface area contributed by atoms with Gasteiger partial charge in [-0.25, -0.2) is 0 Å². The second-order valence-corrected chi connectivity index (χ2v) is 3.18. The molecule has 2 heteroatoms. The van der Waals surface area contributed by atoms with Crippen LogP contribution in [0.2, 0.25) is 0 Å². The molecule has 0 aliphatic heterocycles. The highest BCUT2D eigenvalue weighted by Gasteiger charge is 1.92. The van der Waals surface area contributed by atoms with Crippen molar-refractivity contribution < 1.29 is 4.79 Å². The van der Waals surface area contributed by atoms with Crippen molar-refractivity contribution >= 4 is 17.9 Å². The van der Waals surface area contributed by atoms with Crippen LogP contribution in [-0.4, -0.2) is 12.2 Å². The maximum Gasteiger partial charge on any atom is 0.142 e. The fourth-order valence-electron chi connectivity index (χ4n) is 0.837. The van der Waals surface area contributed by atoms with Gasteiger partial charge in [0.25, 0.3) is 0 Å². The fraction of sp³-hybridized carbons (Fsp3) is 0.500. The van der Waals surface area contributed by atoms with Crippen LogP contribution in [-0.2, 0) is 4.79 Å². The molecular weight excluding hydrogens is 172 g/mol. The highest BCUT2D eigenvalue weighted by atomic mass is 35.5. The molecule has 0 N–H and O–H groups in total. The first-order chi connectivity index (χ1) is 5.70. The number of aldehydes is 1. The van der Waals surface area contributed by atoms with Crippen molar-refractivity contribution in [1.29, 1.82) is 0 Å². The van der Waals surface area contributed by atoms with Gasteiger partial charge in [0.15, 0.2) is 0 Å². The van der Waals surface area contributed by atoms with Crippen molar-refractivity contribution in [3.05, 3.63) is 23.3 Å². The van der Waals surface area contributed by atoms with Crippen LogP contribution >= 0.6 is 11.6 Å². The van der Waals surface area contributed by atoms with Crippen LogP contribution in [0.25, 0.3) is 0 Å². The minimum atomic E-state index is 0.454. The van der Waals surface area contributed by atoms with Gasteiger partial charge < -0.3 is 0 Å². The summed E-state index contributed by atoms with van der Waals surface area (Å²) in [5.41, 5.74) is 2.30. The normalized spacial score (nSPS) is 11.1. The summed E-state index contributed by atoms with van der Waals surface area (Å²) >= 11 is 5.61. The van der Waals surface area contributed by atoms with Gasteiger partial charge in [0.1, 0.15) is 6.29 Å². The third-order valence-electron chi connectivity index (χ3n) is 1.49. The lowest BCUT2D eigenvalue weighted by Crippen LogP contribution is -1.85. The zero-order chi connectivity index (χ0) is 9.40. The quantitative estimate of drug-likeness (QED) is 0.279. The molecule has 0 saturated carbocycles. The van der Waals surface area contributed by atoms with Crippen LogP contribution in [0.5, 0.6) is 0 Å². The summed E-state index contributed by atoms with van der Waals surface area (Å²) in [6, 6.07) is 0. The van der Waals surface area contributed by atoms with E-state index in [4.69, 9.17) is 11.6 Å². The number of carbonyl (C=O) groups is 1. The van der Waals surface area contributed by atoms with Gasteiger partial charge in [-0.2, -0.15) is 0 Å². The summed E-state index contributed by atoms with van der Waals surface area (Å²) in [5.74, 6) is 0.454. The standard InChI is InChI=1S/C10H15ClO/c1-9(2)4-3-5-10(8-11)6-7-12/h4,6-7H,3,5,8H2,1-2H3/b10-6+. The largest absolute Gasteiger partial charge is 0.299 e. The van der Waals surface area contributed by atoms with E-state index in [0.717, 1.165) is 24.7 Å². The topological polar surface area (TPSA) is 17.1 Å². The van der Waals surface area contributed by atoms with Crippen LogP contribution in [0, 0.1) is 0 Å². The van der Waals surface area contributed by atoms with E-state index in [1.54, 1.807) is 6.08 Å². The highest BCUT2D eigenvalue weighted by molar-refractivity contribution is 6.19. The van der Waals surface area contributed by atoms with Crippen LogP contribution in [0.1, 0.15) is 26.7 Å². The van der Waals surface area contributed by atoms with Gasteiger partial charge in [0.2, 0.25) is 0 Å². The fourth-order valence-corrected chi connectivity index (χ4v) is 1.06.